The van der Waals surface area contributed by atoms with E-state index >= 15 is 0 Å². The van der Waals surface area contributed by atoms with Crippen LogP contribution in [0.3, 0.4) is 0 Å². The van der Waals surface area contributed by atoms with E-state index in [1.165, 1.54) is 14.2 Å². The summed E-state index contributed by atoms with van der Waals surface area (Å²) in [6.07, 6.45) is 1.24. The summed E-state index contributed by atoms with van der Waals surface area (Å²) in [5.74, 6) is -0.748. The number of nitrogens with two attached hydrogens (primary N) is 1. The zero-order valence-corrected chi connectivity index (χ0v) is 9.13. The van der Waals surface area contributed by atoms with E-state index in [1.807, 2.05) is 0 Å². The van der Waals surface area contributed by atoms with Crippen LogP contribution in [0.2, 0.25) is 0 Å². The van der Waals surface area contributed by atoms with Crippen molar-refractivity contribution in [3.05, 3.63) is 0 Å². The van der Waals surface area contributed by atoms with Crippen molar-refractivity contribution < 1.29 is 19.1 Å². The first-order valence-electron chi connectivity index (χ1n) is 4.02. The number of rotatable bonds is 5. The number of ether oxygens (including phenoxy) is 2. The third kappa shape index (κ3) is 6.68. The minimum absolute atomic E-state index is 0. The topological polar surface area (TPSA) is 78.6 Å². The van der Waals surface area contributed by atoms with Crippen molar-refractivity contribution in [1.82, 2.24) is 0 Å². The molecule has 0 aromatic heterocycles. The van der Waals surface area contributed by atoms with Gasteiger partial charge in [0.05, 0.1) is 14.2 Å². The van der Waals surface area contributed by atoms with Gasteiger partial charge in [0.15, 0.2) is 0 Å². The SMILES string of the molecule is COC(=O)CCCC(N)C(=O)OC.Cl. The highest BCUT2D eigenvalue weighted by atomic mass is 35.5. The predicted molar refractivity (Wildman–Crippen MR) is 53.1 cm³/mol. The Labute approximate surface area is 89.3 Å². The van der Waals surface area contributed by atoms with Gasteiger partial charge in [-0.05, 0) is 12.8 Å². The van der Waals surface area contributed by atoms with Gasteiger partial charge >= 0.3 is 11.9 Å². The summed E-state index contributed by atoms with van der Waals surface area (Å²) in [5, 5.41) is 0. The smallest absolute Gasteiger partial charge is 0.322 e. The predicted octanol–water partition coefficient (Wildman–Crippen LogP) is 0.252. The van der Waals surface area contributed by atoms with E-state index in [4.69, 9.17) is 5.73 Å². The molecule has 0 spiro atoms. The Bertz CT molecular complexity index is 186. The highest BCUT2D eigenvalue weighted by molar-refractivity contribution is 5.85. The largest absolute Gasteiger partial charge is 0.469 e. The van der Waals surface area contributed by atoms with E-state index in [2.05, 4.69) is 9.47 Å². The quantitative estimate of drug-likeness (QED) is 0.679. The van der Waals surface area contributed by atoms with Gasteiger partial charge in [0.2, 0.25) is 0 Å². The molecule has 0 aliphatic heterocycles. The molecule has 0 aliphatic carbocycles. The first kappa shape index (κ1) is 15.7. The molecule has 2 N–H and O–H groups in total. The Balaban J connectivity index is 0. The molecule has 0 fully saturated rings. The van der Waals surface area contributed by atoms with Gasteiger partial charge in [0.25, 0.3) is 0 Å². The molecule has 1 atom stereocenters. The van der Waals surface area contributed by atoms with Crippen molar-refractivity contribution in [1.29, 1.82) is 0 Å². The zero-order valence-electron chi connectivity index (χ0n) is 8.32. The van der Waals surface area contributed by atoms with Crippen LogP contribution in [0.5, 0.6) is 0 Å². The Kier molecular flexibility index (Phi) is 9.81. The molecule has 0 radical (unpaired) electrons. The number of carbonyl (C=O) groups excluding carboxylic acids is 2. The van der Waals surface area contributed by atoms with Crippen molar-refractivity contribution >= 4 is 24.3 Å². The van der Waals surface area contributed by atoms with Gasteiger partial charge in [-0.1, -0.05) is 0 Å². The van der Waals surface area contributed by atoms with Gasteiger partial charge < -0.3 is 15.2 Å². The number of esters is 2. The minimum Gasteiger partial charge on any atom is -0.469 e. The molecule has 84 valence electrons. The van der Waals surface area contributed by atoms with Crippen LogP contribution in [0.1, 0.15) is 19.3 Å². The van der Waals surface area contributed by atoms with Crippen LogP contribution in [-0.4, -0.2) is 32.2 Å². The van der Waals surface area contributed by atoms with Crippen LogP contribution in [0.4, 0.5) is 0 Å². The van der Waals surface area contributed by atoms with Crippen LogP contribution in [0.25, 0.3) is 0 Å². The Morgan fingerprint density at radius 3 is 2.29 bits per heavy atom. The van der Waals surface area contributed by atoms with Crippen LogP contribution in [0.15, 0.2) is 0 Å². The number of hydrogen-bond donors (Lipinski definition) is 1. The molecule has 0 bridgehead atoms. The highest BCUT2D eigenvalue weighted by Crippen LogP contribution is 2.01. The number of halogens is 1. The third-order valence-corrected chi connectivity index (χ3v) is 1.63. The fourth-order valence-electron chi connectivity index (χ4n) is 0.838. The standard InChI is InChI=1S/C8H15NO4.ClH/c1-12-7(10)5-3-4-6(9)8(11)13-2;/h6H,3-5,9H2,1-2H3;1H. The maximum Gasteiger partial charge on any atom is 0.322 e. The summed E-state index contributed by atoms with van der Waals surface area (Å²) in [4.78, 5) is 21.4. The van der Waals surface area contributed by atoms with E-state index in [0.29, 0.717) is 12.8 Å². The average Bonchev–Trinajstić information content (AvgIpc) is 2.15. The Morgan fingerprint density at radius 2 is 1.86 bits per heavy atom. The highest BCUT2D eigenvalue weighted by Gasteiger charge is 2.13. The fourth-order valence-corrected chi connectivity index (χ4v) is 0.838. The molecule has 0 heterocycles. The molecule has 0 aromatic rings. The molecule has 0 rings (SSSR count). The van der Waals surface area contributed by atoms with Crippen LogP contribution < -0.4 is 5.73 Å². The lowest BCUT2D eigenvalue weighted by molar-refractivity contribution is -0.143. The molecular formula is C8H16ClNO4. The molecule has 0 aromatic carbocycles. The first-order chi connectivity index (χ1) is 6.11. The van der Waals surface area contributed by atoms with Crippen LogP contribution in [-0.2, 0) is 19.1 Å². The molecule has 0 amide bonds. The molecule has 0 saturated carbocycles. The summed E-state index contributed by atoms with van der Waals surface area (Å²) in [5.41, 5.74) is 5.43. The second kappa shape index (κ2) is 8.77. The number of hydrogen-bond acceptors (Lipinski definition) is 5. The third-order valence-electron chi connectivity index (χ3n) is 1.63. The summed E-state index contributed by atoms with van der Waals surface area (Å²) in [6.45, 7) is 0. The zero-order chi connectivity index (χ0) is 10.3. The van der Waals surface area contributed by atoms with E-state index < -0.39 is 12.0 Å². The molecule has 0 saturated heterocycles. The van der Waals surface area contributed by atoms with Crippen molar-refractivity contribution in [3.8, 4) is 0 Å². The molecule has 14 heavy (non-hydrogen) atoms. The maximum absolute atomic E-state index is 10.8. The fraction of sp³-hybridized carbons (Fsp3) is 0.750. The number of methoxy groups -OCH3 is 2. The molecule has 6 heteroatoms. The maximum atomic E-state index is 10.8. The monoisotopic (exact) mass is 225 g/mol. The van der Waals surface area contributed by atoms with Gasteiger partial charge in [0, 0.05) is 6.42 Å². The normalized spacial score (nSPS) is 11.1. The van der Waals surface area contributed by atoms with Gasteiger partial charge in [-0.3, -0.25) is 9.59 Å². The Morgan fingerprint density at radius 1 is 1.29 bits per heavy atom. The van der Waals surface area contributed by atoms with Gasteiger partial charge in [-0.2, -0.15) is 0 Å². The van der Waals surface area contributed by atoms with Gasteiger partial charge in [-0.25, -0.2) is 0 Å². The van der Waals surface area contributed by atoms with Crippen molar-refractivity contribution in [2.75, 3.05) is 14.2 Å². The van der Waals surface area contributed by atoms with Gasteiger partial charge in [0.1, 0.15) is 6.04 Å². The summed E-state index contributed by atoms with van der Waals surface area (Å²) < 4.78 is 8.84. The lowest BCUT2D eigenvalue weighted by Gasteiger charge is -2.07. The van der Waals surface area contributed by atoms with Crippen LogP contribution >= 0.6 is 12.4 Å². The van der Waals surface area contributed by atoms with E-state index in [0.717, 1.165) is 0 Å². The second-order valence-electron chi connectivity index (χ2n) is 2.60. The average molecular weight is 226 g/mol. The first-order valence-corrected chi connectivity index (χ1v) is 4.02. The summed E-state index contributed by atoms with van der Waals surface area (Å²) in [6, 6.07) is -0.644. The molecule has 1 unspecified atom stereocenters. The van der Waals surface area contributed by atoms with Crippen molar-refractivity contribution in [2.45, 2.75) is 25.3 Å². The Hall–Kier alpha value is -0.810. The van der Waals surface area contributed by atoms with Crippen LogP contribution in [0, 0.1) is 0 Å². The van der Waals surface area contributed by atoms with Crippen molar-refractivity contribution in [3.63, 3.8) is 0 Å². The summed E-state index contributed by atoms with van der Waals surface area (Å²) in [7, 11) is 2.60. The molecule has 0 aliphatic rings. The second-order valence-corrected chi connectivity index (χ2v) is 2.60. The lowest BCUT2D eigenvalue weighted by Crippen LogP contribution is -2.31. The van der Waals surface area contributed by atoms with Crippen molar-refractivity contribution in [2.24, 2.45) is 5.73 Å². The van der Waals surface area contributed by atoms with Gasteiger partial charge in [-0.15, -0.1) is 12.4 Å². The minimum atomic E-state index is -0.644. The summed E-state index contributed by atoms with van der Waals surface area (Å²) >= 11 is 0. The van der Waals surface area contributed by atoms with E-state index in [9.17, 15) is 9.59 Å². The number of carbonyl (C=O) groups is 2. The van der Waals surface area contributed by atoms with E-state index in [1.54, 1.807) is 0 Å². The molecule has 5 nitrogen and oxygen atoms in total. The lowest BCUT2D eigenvalue weighted by atomic mass is 10.1. The van der Waals surface area contributed by atoms with E-state index in [-0.39, 0.29) is 24.8 Å². The molecular weight excluding hydrogens is 210 g/mol.